The van der Waals surface area contributed by atoms with E-state index in [0.717, 1.165) is 12.8 Å². The first-order chi connectivity index (χ1) is 9.86. The highest BCUT2D eigenvalue weighted by atomic mass is 35.5. The first-order valence-electron chi connectivity index (χ1n) is 6.92. The van der Waals surface area contributed by atoms with Crippen LogP contribution in [-0.4, -0.2) is 24.0 Å². The maximum Gasteiger partial charge on any atom is 0.341 e. The van der Waals surface area contributed by atoms with Crippen LogP contribution >= 0.6 is 11.6 Å². The van der Waals surface area contributed by atoms with Gasteiger partial charge in [0.05, 0.1) is 16.3 Å². The Hall–Kier alpha value is -1.75. The van der Waals surface area contributed by atoms with Crippen molar-refractivity contribution in [3.63, 3.8) is 0 Å². The van der Waals surface area contributed by atoms with E-state index in [2.05, 4.69) is 5.32 Å². The van der Waals surface area contributed by atoms with Crippen molar-refractivity contribution in [1.82, 2.24) is 5.32 Å². The lowest BCUT2D eigenvalue weighted by atomic mass is 10.2. The van der Waals surface area contributed by atoms with Crippen LogP contribution in [0.2, 0.25) is 5.02 Å². The van der Waals surface area contributed by atoms with Crippen LogP contribution in [0.3, 0.4) is 0 Å². The van der Waals surface area contributed by atoms with Crippen molar-refractivity contribution in [2.24, 2.45) is 0 Å². The molecule has 6 heteroatoms. The number of para-hydroxylation sites is 1. The molecule has 1 aromatic carbocycles. The van der Waals surface area contributed by atoms with E-state index in [-0.39, 0.29) is 28.2 Å². The first kappa shape index (κ1) is 17.3. The third-order valence-corrected chi connectivity index (χ3v) is 3.37. The summed E-state index contributed by atoms with van der Waals surface area (Å²) in [6, 6.07) is 4.73. The highest BCUT2D eigenvalue weighted by molar-refractivity contribution is 6.33. The van der Waals surface area contributed by atoms with Crippen molar-refractivity contribution in [3.8, 4) is 0 Å². The number of halogens is 1. The van der Waals surface area contributed by atoms with Crippen LogP contribution in [0.25, 0.3) is 0 Å². The second-order valence-corrected chi connectivity index (χ2v) is 5.35. The molecule has 0 aliphatic rings. The number of carbonyl (C=O) groups is 2. The van der Waals surface area contributed by atoms with Crippen LogP contribution in [0.5, 0.6) is 0 Å². The molecule has 0 aliphatic carbocycles. The lowest BCUT2D eigenvalue weighted by Gasteiger charge is -2.18. The SMILES string of the molecule is CCCC(C)NC(=O)C(C)OC(=O)c1cccc(Cl)c1N. The number of rotatable bonds is 6. The van der Waals surface area contributed by atoms with Crippen molar-refractivity contribution in [2.45, 2.75) is 45.8 Å². The minimum Gasteiger partial charge on any atom is -0.449 e. The van der Waals surface area contributed by atoms with E-state index in [1.165, 1.54) is 13.0 Å². The Bertz CT molecular complexity index is 520. The number of nitrogens with one attached hydrogen (secondary N) is 1. The van der Waals surface area contributed by atoms with Crippen LogP contribution in [-0.2, 0) is 9.53 Å². The van der Waals surface area contributed by atoms with Gasteiger partial charge in [-0.25, -0.2) is 4.79 Å². The smallest absolute Gasteiger partial charge is 0.341 e. The molecular weight excluding hydrogens is 292 g/mol. The van der Waals surface area contributed by atoms with E-state index in [0.29, 0.717) is 0 Å². The molecule has 0 aliphatic heterocycles. The molecule has 0 saturated heterocycles. The molecule has 21 heavy (non-hydrogen) atoms. The van der Waals surface area contributed by atoms with Gasteiger partial charge in [-0.2, -0.15) is 0 Å². The summed E-state index contributed by atoms with van der Waals surface area (Å²) in [6.45, 7) is 5.46. The average molecular weight is 313 g/mol. The molecule has 0 bridgehead atoms. The first-order valence-corrected chi connectivity index (χ1v) is 7.30. The Balaban J connectivity index is 2.65. The van der Waals surface area contributed by atoms with Crippen LogP contribution in [0, 0.1) is 0 Å². The van der Waals surface area contributed by atoms with Gasteiger partial charge in [0.15, 0.2) is 6.10 Å². The molecule has 3 N–H and O–H groups in total. The average Bonchev–Trinajstić information content (AvgIpc) is 2.41. The molecule has 2 unspecified atom stereocenters. The molecule has 0 spiro atoms. The van der Waals surface area contributed by atoms with E-state index in [1.807, 2.05) is 13.8 Å². The Labute approximate surface area is 129 Å². The number of nitrogen functional groups attached to an aromatic ring is 1. The summed E-state index contributed by atoms with van der Waals surface area (Å²) in [7, 11) is 0. The number of carbonyl (C=O) groups excluding carboxylic acids is 2. The van der Waals surface area contributed by atoms with Crippen LogP contribution in [0.1, 0.15) is 44.0 Å². The molecule has 0 saturated carbocycles. The third kappa shape index (κ3) is 4.93. The number of amides is 1. The van der Waals surface area contributed by atoms with Gasteiger partial charge in [-0.1, -0.05) is 31.0 Å². The number of hydrogen-bond acceptors (Lipinski definition) is 4. The summed E-state index contributed by atoms with van der Waals surface area (Å²) in [5.74, 6) is -0.995. The fourth-order valence-corrected chi connectivity index (χ4v) is 2.03. The van der Waals surface area contributed by atoms with Crippen molar-refractivity contribution in [2.75, 3.05) is 5.73 Å². The van der Waals surface area contributed by atoms with Crippen molar-refractivity contribution in [3.05, 3.63) is 28.8 Å². The van der Waals surface area contributed by atoms with Crippen molar-refractivity contribution >= 4 is 29.2 Å². The summed E-state index contributed by atoms with van der Waals surface area (Å²) in [4.78, 5) is 23.9. The van der Waals surface area contributed by atoms with Gasteiger partial charge in [-0.05, 0) is 32.4 Å². The summed E-state index contributed by atoms with van der Waals surface area (Å²) in [5, 5.41) is 3.07. The largest absolute Gasteiger partial charge is 0.449 e. The number of hydrogen-bond donors (Lipinski definition) is 2. The van der Waals surface area contributed by atoms with E-state index in [4.69, 9.17) is 22.1 Å². The van der Waals surface area contributed by atoms with Crippen LogP contribution in [0.4, 0.5) is 5.69 Å². The van der Waals surface area contributed by atoms with Gasteiger partial charge in [0.1, 0.15) is 0 Å². The van der Waals surface area contributed by atoms with Gasteiger partial charge in [0.25, 0.3) is 5.91 Å². The fraction of sp³-hybridized carbons (Fsp3) is 0.467. The quantitative estimate of drug-likeness (QED) is 0.625. The number of nitrogens with two attached hydrogens (primary N) is 1. The van der Waals surface area contributed by atoms with E-state index >= 15 is 0 Å². The summed E-state index contributed by atoms with van der Waals surface area (Å²) < 4.78 is 5.12. The standard InChI is InChI=1S/C15H21ClN2O3/c1-4-6-9(2)18-14(19)10(3)21-15(20)11-7-5-8-12(16)13(11)17/h5,7-10H,4,6,17H2,1-3H3,(H,18,19). The number of benzene rings is 1. The van der Waals surface area contributed by atoms with Crippen molar-refractivity contribution < 1.29 is 14.3 Å². The molecule has 1 aromatic rings. The minimum atomic E-state index is -0.893. The number of ether oxygens (including phenoxy) is 1. The molecule has 2 atom stereocenters. The van der Waals surface area contributed by atoms with Crippen molar-refractivity contribution in [1.29, 1.82) is 0 Å². The summed E-state index contributed by atoms with van der Waals surface area (Å²) in [5.41, 5.74) is 6.03. The van der Waals surface area contributed by atoms with Crippen LogP contribution < -0.4 is 11.1 Å². The maximum atomic E-state index is 12.0. The Morgan fingerprint density at radius 2 is 2.05 bits per heavy atom. The minimum absolute atomic E-state index is 0.0416. The topological polar surface area (TPSA) is 81.4 Å². The van der Waals surface area contributed by atoms with E-state index in [9.17, 15) is 9.59 Å². The molecule has 1 amide bonds. The highest BCUT2D eigenvalue weighted by Gasteiger charge is 2.21. The zero-order valence-electron chi connectivity index (χ0n) is 12.5. The monoisotopic (exact) mass is 312 g/mol. The lowest BCUT2D eigenvalue weighted by Crippen LogP contribution is -2.40. The van der Waals surface area contributed by atoms with Gasteiger partial charge in [-0.15, -0.1) is 0 Å². The van der Waals surface area contributed by atoms with Gasteiger partial charge in [0.2, 0.25) is 0 Å². The maximum absolute atomic E-state index is 12.0. The predicted octanol–water partition coefficient (Wildman–Crippen LogP) is 2.77. The van der Waals surface area contributed by atoms with Crippen LogP contribution in [0.15, 0.2) is 18.2 Å². The zero-order valence-corrected chi connectivity index (χ0v) is 13.2. The predicted molar refractivity (Wildman–Crippen MR) is 83.3 cm³/mol. The van der Waals surface area contributed by atoms with Gasteiger partial charge < -0.3 is 15.8 Å². The Morgan fingerprint density at radius 3 is 2.67 bits per heavy atom. The zero-order chi connectivity index (χ0) is 16.0. The summed E-state index contributed by atoms with van der Waals surface area (Å²) in [6.07, 6.45) is 0.942. The van der Waals surface area contributed by atoms with E-state index in [1.54, 1.807) is 12.1 Å². The number of anilines is 1. The molecule has 0 fully saturated rings. The summed E-state index contributed by atoms with van der Waals surface area (Å²) >= 11 is 5.85. The number of esters is 1. The second kappa shape index (κ2) is 7.88. The molecule has 116 valence electrons. The van der Waals surface area contributed by atoms with E-state index < -0.39 is 12.1 Å². The second-order valence-electron chi connectivity index (χ2n) is 4.95. The van der Waals surface area contributed by atoms with Gasteiger partial charge in [0, 0.05) is 6.04 Å². The molecule has 0 heterocycles. The molecule has 5 nitrogen and oxygen atoms in total. The normalized spacial score (nSPS) is 13.3. The molecule has 1 rings (SSSR count). The molecule has 0 aromatic heterocycles. The molecule has 0 radical (unpaired) electrons. The fourth-order valence-electron chi connectivity index (χ4n) is 1.86. The Kier molecular flexibility index (Phi) is 6.49. The highest BCUT2D eigenvalue weighted by Crippen LogP contribution is 2.23. The van der Waals surface area contributed by atoms with Gasteiger partial charge >= 0.3 is 5.97 Å². The third-order valence-electron chi connectivity index (χ3n) is 3.04. The Morgan fingerprint density at radius 1 is 1.38 bits per heavy atom. The lowest BCUT2D eigenvalue weighted by molar-refractivity contribution is -0.129. The van der Waals surface area contributed by atoms with Gasteiger partial charge in [-0.3, -0.25) is 4.79 Å². The molecular formula is C15H21ClN2O3.